The summed E-state index contributed by atoms with van der Waals surface area (Å²) < 4.78 is 0. The predicted octanol–water partition coefficient (Wildman–Crippen LogP) is 4.59. The molecule has 0 spiro atoms. The monoisotopic (exact) mass is 225 g/mol. The Kier molecular flexibility index (Phi) is 5.82. The molecular formula is C16H19N. The number of benzene rings is 1. The predicted molar refractivity (Wildman–Crippen MR) is 73.2 cm³/mol. The van der Waals surface area contributed by atoms with Crippen LogP contribution in [0.2, 0.25) is 0 Å². The van der Waals surface area contributed by atoms with Crippen molar-refractivity contribution in [2.75, 3.05) is 0 Å². The van der Waals surface area contributed by atoms with Crippen molar-refractivity contribution in [2.45, 2.75) is 26.2 Å². The number of rotatable bonds is 1. The number of nitriles is 1. The fraction of sp³-hybridized carbons (Fsp3) is 0.312. The molecule has 1 aromatic rings. The summed E-state index contributed by atoms with van der Waals surface area (Å²) in [5.74, 6) is 0.727. The van der Waals surface area contributed by atoms with Crippen LogP contribution in [-0.4, -0.2) is 0 Å². The lowest BCUT2D eigenvalue weighted by molar-refractivity contribution is 0.517. The second-order valence-corrected chi connectivity index (χ2v) is 4.34. The Hall–Kier alpha value is -1.81. The van der Waals surface area contributed by atoms with E-state index < -0.39 is 0 Å². The third kappa shape index (κ3) is 5.17. The molecule has 0 N–H and O–H groups in total. The van der Waals surface area contributed by atoms with Crippen LogP contribution < -0.4 is 0 Å². The molecule has 1 aromatic carbocycles. The van der Waals surface area contributed by atoms with Gasteiger partial charge in [-0.2, -0.15) is 5.26 Å². The zero-order chi connectivity index (χ0) is 12.5. The lowest BCUT2D eigenvalue weighted by atomic mass is 9.91. The van der Waals surface area contributed by atoms with Gasteiger partial charge in [-0.1, -0.05) is 56.0 Å². The maximum Gasteiger partial charge on any atom is 0.0943 e. The number of allylic oxidation sites excluding steroid dienone is 2. The van der Waals surface area contributed by atoms with E-state index in [1.807, 2.05) is 36.4 Å². The first-order valence-electron chi connectivity index (χ1n) is 6.03. The minimum Gasteiger partial charge on any atom is -0.193 e. The molecule has 0 amide bonds. The summed E-state index contributed by atoms with van der Waals surface area (Å²) in [5, 5.41) is 8.49. The normalized spacial score (nSPS) is 18.1. The van der Waals surface area contributed by atoms with Crippen LogP contribution in [0.4, 0.5) is 0 Å². The number of hydrogen-bond donors (Lipinski definition) is 0. The molecule has 0 radical (unpaired) electrons. The third-order valence-electron chi connectivity index (χ3n) is 2.80. The minimum absolute atomic E-state index is 0.727. The second-order valence-electron chi connectivity index (χ2n) is 4.34. The van der Waals surface area contributed by atoms with Gasteiger partial charge in [0.2, 0.25) is 0 Å². The summed E-state index contributed by atoms with van der Waals surface area (Å²) in [5.41, 5.74) is 2.15. The second kappa shape index (κ2) is 7.46. The summed E-state index contributed by atoms with van der Waals surface area (Å²) in [6.45, 7) is 5.83. The highest BCUT2D eigenvalue weighted by molar-refractivity contribution is 5.45. The molecule has 88 valence electrons. The molecule has 1 aliphatic carbocycles. The molecule has 0 aliphatic heterocycles. The topological polar surface area (TPSA) is 23.8 Å². The molecule has 0 saturated heterocycles. The first-order valence-corrected chi connectivity index (χ1v) is 6.03. The van der Waals surface area contributed by atoms with Gasteiger partial charge in [0.1, 0.15) is 0 Å². The van der Waals surface area contributed by atoms with Gasteiger partial charge in [0.25, 0.3) is 0 Å². The van der Waals surface area contributed by atoms with Crippen LogP contribution in [-0.2, 0) is 0 Å². The average Bonchev–Trinajstić information content (AvgIpc) is 2.40. The zero-order valence-corrected chi connectivity index (χ0v) is 10.4. The summed E-state index contributed by atoms with van der Waals surface area (Å²) in [6, 6.07) is 12.2. The molecule has 1 atom stereocenters. The van der Waals surface area contributed by atoms with E-state index >= 15 is 0 Å². The quantitative estimate of drug-likeness (QED) is 0.686. The van der Waals surface area contributed by atoms with E-state index in [1.54, 1.807) is 0 Å². The van der Waals surface area contributed by atoms with Crippen molar-refractivity contribution in [2.24, 2.45) is 5.92 Å². The van der Waals surface area contributed by atoms with E-state index in [1.165, 1.54) is 12.0 Å². The standard InChI is InChI=1S/C8H11N.C8H8/c1-7-3-2-4-8(5-7)6-9;1-2-8-6-4-3-5-7-8/h4,7H,2-3,5H2,1H3;2-7H,1H2. The van der Waals surface area contributed by atoms with Gasteiger partial charge in [0, 0.05) is 5.57 Å². The molecule has 0 heterocycles. The fourth-order valence-corrected chi connectivity index (χ4v) is 1.78. The Bertz CT molecular complexity index is 409. The molecule has 1 unspecified atom stereocenters. The molecule has 1 heteroatoms. The van der Waals surface area contributed by atoms with Crippen LogP contribution in [0.25, 0.3) is 6.08 Å². The van der Waals surface area contributed by atoms with E-state index in [2.05, 4.69) is 25.6 Å². The highest BCUT2D eigenvalue weighted by Crippen LogP contribution is 2.22. The van der Waals surface area contributed by atoms with Crippen LogP contribution in [0.3, 0.4) is 0 Å². The SMILES string of the molecule is C=Cc1ccccc1.CC1CCC=C(C#N)C1. The van der Waals surface area contributed by atoms with Gasteiger partial charge in [-0.15, -0.1) is 0 Å². The highest BCUT2D eigenvalue weighted by Gasteiger charge is 2.09. The molecule has 17 heavy (non-hydrogen) atoms. The third-order valence-corrected chi connectivity index (χ3v) is 2.80. The van der Waals surface area contributed by atoms with Gasteiger partial charge in [-0.3, -0.25) is 0 Å². The molecular weight excluding hydrogens is 206 g/mol. The largest absolute Gasteiger partial charge is 0.193 e. The van der Waals surface area contributed by atoms with Crippen molar-refractivity contribution in [3.05, 3.63) is 54.1 Å². The summed E-state index contributed by atoms with van der Waals surface area (Å²) in [4.78, 5) is 0. The maximum absolute atomic E-state index is 8.49. The van der Waals surface area contributed by atoms with Gasteiger partial charge >= 0.3 is 0 Å². The van der Waals surface area contributed by atoms with E-state index in [-0.39, 0.29) is 0 Å². The molecule has 0 saturated carbocycles. The van der Waals surface area contributed by atoms with Crippen LogP contribution in [0.5, 0.6) is 0 Å². The van der Waals surface area contributed by atoms with Crippen molar-refractivity contribution in [3.8, 4) is 6.07 Å². The summed E-state index contributed by atoms with van der Waals surface area (Å²) in [6.07, 6.45) is 7.24. The Balaban J connectivity index is 0.000000171. The van der Waals surface area contributed by atoms with Crippen molar-refractivity contribution in [3.63, 3.8) is 0 Å². The Morgan fingerprint density at radius 3 is 2.47 bits per heavy atom. The van der Waals surface area contributed by atoms with Crippen molar-refractivity contribution >= 4 is 6.08 Å². The Labute approximate surface area is 104 Å². The fourth-order valence-electron chi connectivity index (χ4n) is 1.78. The van der Waals surface area contributed by atoms with Gasteiger partial charge in [0.05, 0.1) is 6.07 Å². The molecule has 0 fully saturated rings. The minimum atomic E-state index is 0.727. The van der Waals surface area contributed by atoms with Crippen LogP contribution >= 0.6 is 0 Å². The maximum atomic E-state index is 8.49. The smallest absolute Gasteiger partial charge is 0.0943 e. The highest BCUT2D eigenvalue weighted by atomic mass is 14.3. The zero-order valence-electron chi connectivity index (χ0n) is 10.4. The summed E-state index contributed by atoms with van der Waals surface area (Å²) in [7, 11) is 0. The molecule has 2 rings (SSSR count). The lowest BCUT2D eigenvalue weighted by Gasteiger charge is -2.13. The van der Waals surface area contributed by atoms with Crippen molar-refractivity contribution in [1.82, 2.24) is 0 Å². The van der Waals surface area contributed by atoms with Gasteiger partial charge < -0.3 is 0 Å². The van der Waals surface area contributed by atoms with Crippen LogP contribution in [0.1, 0.15) is 31.7 Å². The van der Waals surface area contributed by atoms with Gasteiger partial charge in [-0.25, -0.2) is 0 Å². The van der Waals surface area contributed by atoms with Crippen LogP contribution in [0, 0.1) is 17.2 Å². The van der Waals surface area contributed by atoms with Gasteiger partial charge in [0.15, 0.2) is 0 Å². The van der Waals surface area contributed by atoms with E-state index in [4.69, 9.17) is 5.26 Å². The van der Waals surface area contributed by atoms with E-state index in [9.17, 15) is 0 Å². The summed E-state index contributed by atoms with van der Waals surface area (Å²) >= 11 is 0. The lowest BCUT2D eigenvalue weighted by Crippen LogP contribution is -2.00. The first-order chi connectivity index (χ1) is 8.26. The molecule has 1 aliphatic rings. The number of hydrogen-bond acceptors (Lipinski definition) is 1. The molecule has 0 aromatic heterocycles. The van der Waals surface area contributed by atoms with Crippen molar-refractivity contribution in [1.29, 1.82) is 5.26 Å². The van der Waals surface area contributed by atoms with E-state index in [0.29, 0.717) is 0 Å². The number of nitrogens with zero attached hydrogens (tertiary/aromatic N) is 1. The Morgan fingerprint density at radius 1 is 1.35 bits per heavy atom. The van der Waals surface area contributed by atoms with Gasteiger partial charge in [-0.05, 0) is 30.7 Å². The van der Waals surface area contributed by atoms with Crippen LogP contribution in [0.15, 0.2) is 48.6 Å². The Morgan fingerprint density at radius 2 is 2.06 bits per heavy atom. The molecule has 1 nitrogen and oxygen atoms in total. The first kappa shape index (κ1) is 13.3. The van der Waals surface area contributed by atoms with Crippen molar-refractivity contribution < 1.29 is 0 Å². The van der Waals surface area contributed by atoms with E-state index in [0.717, 1.165) is 24.3 Å². The molecule has 0 bridgehead atoms. The average molecular weight is 225 g/mol.